The molecular weight excluding hydrogens is 284 g/mol. The highest BCUT2D eigenvalue weighted by Gasteiger charge is 2.27. The SMILES string of the molecule is CCOC(=O)C(O)C(O)c1ccc(Br)s1. The molecule has 1 aromatic heterocycles. The molecule has 4 nitrogen and oxygen atoms in total. The molecule has 0 spiro atoms. The van der Waals surface area contributed by atoms with Gasteiger partial charge in [0.1, 0.15) is 6.10 Å². The van der Waals surface area contributed by atoms with Gasteiger partial charge in [-0.2, -0.15) is 0 Å². The van der Waals surface area contributed by atoms with Crippen molar-refractivity contribution in [2.45, 2.75) is 19.1 Å². The molecule has 1 heterocycles. The number of carbonyl (C=O) groups excluding carboxylic acids is 1. The lowest BCUT2D eigenvalue weighted by Gasteiger charge is -2.14. The number of thiophene rings is 1. The van der Waals surface area contributed by atoms with E-state index < -0.39 is 18.2 Å². The minimum atomic E-state index is -1.53. The van der Waals surface area contributed by atoms with E-state index >= 15 is 0 Å². The van der Waals surface area contributed by atoms with Gasteiger partial charge in [-0.05, 0) is 35.0 Å². The molecule has 0 amide bonds. The highest BCUT2D eigenvalue weighted by atomic mass is 79.9. The zero-order chi connectivity index (χ0) is 11.4. The molecule has 2 unspecified atom stereocenters. The average molecular weight is 295 g/mol. The summed E-state index contributed by atoms with van der Waals surface area (Å²) in [5.74, 6) is -0.811. The molecule has 0 fully saturated rings. The van der Waals surface area contributed by atoms with Crippen LogP contribution in [0, 0.1) is 0 Å². The van der Waals surface area contributed by atoms with E-state index in [2.05, 4.69) is 20.7 Å². The Morgan fingerprint density at radius 3 is 2.73 bits per heavy atom. The molecule has 0 aliphatic carbocycles. The summed E-state index contributed by atoms with van der Waals surface area (Å²) in [6.45, 7) is 1.81. The molecule has 6 heteroatoms. The molecule has 15 heavy (non-hydrogen) atoms. The maximum absolute atomic E-state index is 11.1. The van der Waals surface area contributed by atoms with Crippen molar-refractivity contribution < 1.29 is 19.7 Å². The van der Waals surface area contributed by atoms with E-state index in [9.17, 15) is 15.0 Å². The van der Waals surface area contributed by atoms with E-state index in [0.717, 1.165) is 3.79 Å². The lowest BCUT2D eigenvalue weighted by molar-refractivity contribution is -0.159. The number of halogens is 1. The van der Waals surface area contributed by atoms with Crippen LogP contribution in [0.4, 0.5) is 0 Å². The largest absolute Gasteiger partial charge is 0.464 e. The number of rotatable bonds is 4. The van der Waals surface area contributed by atoms with E-state index in [-0.39, 0.29) is 6.61 Å². The normalized spacial score (nSPS) is 14.7. The molecule has 1 aromatic rings. The Hall–Kier alpha value is -0.430. The van der Waals surface area contributed by atoms with Crippen LogP contribution in [-0.4, -0.2) is 28.9 Å². The lowest BCUT2D eigenvalue weighted by Crippen LogP contribution is -2.29. The van der Waals surface area contributed by atoms with Gasteiger partial charge in [0.25, 0.3) is 0 Å². The van der Waals surface area contributed by atoms with Gasteiger partial charge in [0.2, 0.25) is 0 Å². The third kappa shape index (κ3) is 3.27. The molecule has 0 saturated carbocycles. The molecule has 2 N–H and O–H groups in total. The lowest BCUT2D eigenvalue weighted by atomic mass is 10.2. The second-order valence-corrected chi connectivity index (χ2v) is 5.28. The Morgan fingerprint density at radius 1 is 1.60 bits per heavy atom. The summed E-state index contributed by atoms with van der Waals surface area (Å²) in [7, 11) is 0. The van der Waals surface area contributed by atoms with Crippen LogP contribution in [0.1, 0.15) is 17.9 Å². The first-order valence-corrected chi connectivity index (χ1v) is 5.95. The monoisotopic (exact) mass is 294 g/mol. The van der Waals surface area contributed by atoms with Crippen LogP contribution in [-0.2, 0) is 9.53 Å². The van der Waals surface area contributed by atoms with Crippen molar-refractivity contribution in [2.24, 2.45) is 0 Å². The Bertz CT molecular complexity index is 339. The molecule has 0 radical (unpaired) electrons. The van der Waals surface area contributed by atoms with Crippen molar-refractivity contribution in [2.75, 3.05) is 6.61 Å². The number of carbonyl (C=O) groups is 1. The van der Waals surface area contributed by atoms with Gasteiger partial charge in [0.15, 0.2) is 6.10 Å². The van der Waals surface area contributed by atoms with Crippen molar-refractivity contribution >= 4 is 33.2 Å². The van der Waals surface area contributed by atoms with Crippen LogP contribution in [0.3, 0.4) is 0 Å². The number of esters is 1. The molecule has 0 aliphatic rings. The van der Waals surface area contributed by atoms with Crippen molar-refractivity contribution in [3.63, 3.8) is 0 Å². The molecule has 84 valence electrons. The number of aliphatic hydroxyl groups excluding tert-OH is 2. The first kappa shape index (κ1) is 12.6. The minimum absolute atomic E-state index is 0.177. The van der Waals surface area contributed by atoms with Crippen LogP contribution in [0.2, 0.25) is 0 Å². The van der Waals surface area contributed by atoms with Crippen molar-refractivity contribution in [1.82, 2.24) is 0 Å². The van der Waals surface area contributed by atoms with E-state index in [4.69, 9.17) is 0 Å². The molecule has 1 rings (SSSR count). The first-order valence-electron chi connectivity index (χ1n) is 4.34. The number of hydrogen-bond acceptors (Lipinski definition) is 5. The quantitative estimate of drug-likeness (QED) is 0.825. The fourth-order valence-electron chi connectivity index (χ4n) is 0.999. The smallest absolute Gasteiger partial charge is 0.338 e. The van der Waals surface area contributed by atoms with Gasteiger partial charge in [0.05, 0.1) is 10.4 Å². The van der Waals surface area contributed by atoms with E-state index in [0.29, 0.717) is 4.88 Å². The molecule has 0 aliphatic heterocycles. The fraction of sp³-hybridized carbons (Fsp3) is 0.444. The van der Waals surface area contributed by atoms with Gasteiger partial charge in [0, 0.05) is 4.88 Å². The topological polar surface area (TPSA) is 66.8 Å². The number of aliphatic hydroxyl groups is 2. The summed E-state index contributed by atoms with van der Waals surface area (Å²) in [5.41, 5.74) is 0. The third-order valence-corrected chi connectivity index (χ3v) is 3.41. The van der Waals surface area contributed by atoms with Gasteiger partial charge in [-0.1, -0.05) is 0 Å². The van der Waals surface area contributed by atoms with Crippen molar-refractivity contribution in [3.05, 3.63) is 20.8 Å². The van der Waals surface area contributed by atoms with Gasteiger partial charge in [-0.3, -0.25) is 0 Å². The van der Waals surface area contributed by atoms with E-state index in [1.54, 1.807) is 19.1 Å². The second kappa shape index (κ2) is 5.60. The van der Waals surface area contributed by atoms with Crippen molar-refractivity contribution in [3.8, 4) is 0 Å². The molecule has 0 saturated heterocycles. The zero-order valence-corrected chi connectivity index (χ0v) is 10.4. The summed E-state index contributed by atoms with van der Waals surface area (Å²) >= 11 is 4.49. The summed E-state index contributed by atoms with van der Waals surface area (Å²) in [5, 5.41) is 19.1. The summed E-state index contributed by atoms with van der Waals surface area (Å²) < 4.78 is 5.42. The summed E-state index contributed by atoms with van der Waals surface area (Å²) in [4.78, 5) is 11.6. The minimum Gasteiger partial charge on any atom is -0.464 e. The van der Waals surface area contributed by atoms with E-state index in [1.807, 2.05) is 0 Å². The predicted octanol–water partition coefficient (Wildman–Crippen LogP) is 1.47. The standard InChI is InChI=1S/C9H11BrO4S/c1-2-14-9(13)8(12)7(11)5-3-4-6(10)15-5/h3-4,7-8,11-12H,2H2,1H3. The Kier molecular flexibility index (Phi) is 4.72. The average Bonchev–Trinajstić information content (AvgIpc) is 2.63. The van der Waals surface area contributed by atoms with Gasteiger partial charge in [-0.25, -0.2) is 4.79 Å². The predicted molar refractivity (Wildman–Crippen MR) is 59.6 cm³/mol. The maximum atomic E-state index is 11.1. The Morgan fingerprint density at radius 2 is 2.27 bits per heavy atom. The molecular formula is C9H11BrO4S. The summed E-state index contributed by atoms with van der Waals surface area (Å²) in [6, 6.07) is 3.38. The zero-order valence-electron chi connectivity index (χ0n) is 8.01. The number of ether oxygens (including phenoxy) is 1. The van der Waals surface area contributed by atoms with Crippen LogP contribution >= 0.6 is 27.3 Å². The fourth-order valence-corrected chi connectivity index (χ4v) is 2.44. The van der Waals surface area contributed by atoms with Crippen LogP contribution < -0.4 is 0 Å². The third-order valence-electron chi connectivity index (χ3n) is 1.71. The van der Waals surface area contributed by atoms with Gasteiger partial charge >= 0.3 is 5.97 Å². The van der Waals surface area contributed by atoms with Crippen LogP contribution in [0.15, 0.2) is 15.9 Å². The molecule has 0 bridgehead atoms. The Balaban J connectivity index is 2.67. The van der Waals surface area contributed by atoms with Gasteiger partial charge < -0.3 is 14.9 Å². The number of hydrogen-bond donors (Lipinski definition) is 2. The summed E-state index contributed by atoms with van der Waals surface area (Å²) in [6.07, 6.45) is -2.77. The van der Waals surface area contributed by atoms with Crippen LogP contribution in [0.5, 0.6) is 0 Å². The van der Waals surface area contributed by atoms with Crippen LogP contribution in [0.25, 0.3) is 0 Å². The van der Waals surface area contributed by atoms with Gasteiger partial charge in [-0.15, -0.1) is 11.3 Å². The van der Waals surface area contributed by atoms with Crippen molar-refractivity contribution in [1.29, 1.82) is 0 Å². The van der Waals surface area contributed by atoms with E-state index in [1.165, 1.54) is 11.3 Å². The maximum Gasteiger partial charge on any atom is 0.338 e. The highest BCUT2D eigenvalue weighted by Crippen LogP contribution is 2.29. The molecule has 0 aromatic carbocycles. The first-order chi connectivity index (χ1) is 7.06. The Labute approximate surface area is 99.6 Å². The highest BCUT2D eigenvalue weighted by molar-refractivity contribution is 9.11. The molecule has 2 atom stereocenters. The second-order valence-electron chi connectivity index (χ2n) is 2.78.